The lowest BCUT2D eigenvalue weighted by molar-refractivity contribution is 0.282. The highest BCUT2D eigenvalue weighted by Gasteiger charge is 2.33. The van der Waals surface area contributed by atoms with Gasteiger partial charge in [0.25, 0.3) is 0 Å². The number of rotatable bonds is 4. The minimum Gasteiger partial charge on any atom is -0.378 e. The molecule has 1 fully saturated rings. The lowest BCUT2D eigenvalue weighted by Crippen LogP contribution is -2.37. The molecule has 0 heterocycles. The maximum absolute atomic E-state index is 3.72. The molecule has 0 amide bonds. The molecule has 0 bridgehead atoms. The van der Waals surface area contributed by atoms with Crippen LogP contribution in [-0.4, -0.2) is 20.1 Å². The minimum atomic E-state index is 0.462. The Morgan fingerprint density at radius 3 is 2.39 bits per heavy atom. The maximum atomic E-state index is 3.72. The number of hydrogen-bond donors (Lipinski definition) is 1. The van der Waals surface area contributed by atoms with Crippen LogP contribution in [0.1, 0.15) is 38.7 Å². The normalized spacial score (nSPS) is 22.1. The molecule has 0 saturated heterocycles. The van der Waals surface area contributed by atoms with Crippen LogP contribution in [0.3, 0.4) is 0 Å². The van der Waals surface area contributed by atoms with E-state index in [4.69, 9.17) is 0 Å². The first-order chi connectivity index (χ1) is 8.49. The lowest BCUT2D eigenvalue weighted by Gasteiger charge is -2.28. The molecule has 1 aliphatic carbocycles. The van der Waals surface area contributed by atoms with E-state index >= 15 is 0 Å². The molecular weight excluding hydrogens is 220 g/mol. The van der Waals surface area contributed by atoms with Gasteiger partial charge in [0, 0.05) is 32.4 Å². The monoisotopic (exact) mass is 246 g/mol. The van der Waals surface area contributed by atoms with Crippen molar-refractivity contribution in [2.24, 2.45) is 5.41 Å². The van der Waals surface area contributed by atoms with E-state index < -0.39 is 0 Å². The first-order valence-corrected chi connectivity index (χ1v) is 6.99. The SMILES string of the molecule is CN(C)c1ccc(CNC2CCCC2(C)C)cc1. The number of hydrogen-bond acceptors (Lipinski definition) is 2. The summed E-state index contributed by atoms with van der Waals surface area (Å²) < 4.78 is 0. The van der Waals surface area contributed by atoms with E-state index in [9.17, 15) is 0 Å². The molecule has 1 aromatic carbocycles. The predicted molar refractivity (Wildman–Crippen MR) is 79.0 cm³/mol. The molecule has 0 spiro atoms. The largest absolute Gasteiger partial charge is 0.378 e. The topological polar surface area (TPSA) is 15.3 Å². The van der Waals surface area contributed by atoms with Crippen molar-refractivity contribution in [1.29, 1.82) is 0 Å². The Labute approximate surface area is 111 Å². The summed E-state index contributed by atoms with van der Waals surface area (Å²) in [7, 11) is 4.16. The zero-order chi connectivity index (χ0) is 13.2. The van der Waals surface area contributed by atoms with Gasteiger partial charge in [-0.1, -0.05) is 32.4 Å². The lowest BCUT2D eigenvalue weighted by atomic mass is 9.87. The highest BCUT2D eigenvalue weighted by atomic mass is 15.1. The number of nitrogens with zero attached hydrogens (tertiary/aromatic N) is 1. The quantitative estimate of drug-likeness (QED) is 0.875. The van der Waals surface area contributed by atoms with E-state index in [0.29, 0.717) is 11.5 Å². The standard InChI is InChI=1S/C16H26N2/c1-16(2)11-5-6-15(16)17-12-13-7-9-14(10-8-13)18(3)4/h7-10,15,17H,5-6,11-12H2,1-4H3. The first kappa shape index (κ1) is 13.4. The van der Waals surface area contributed by atoms with E-state index in [2.05, 4.69) is 62.4 Å². The Morgan fingerprint density at radius 1 is 1.22 bits per heavy atom. The molecule has 18 heavy (non-hydrogen) atoms. The van der Waals surface area contributed by atoms with Crippen molar-refractivity contribution in [2.45, 2.75) is 45.7 Å². The second kappa shape index (κ2) is 5.31. The van der Waals surface area contributed by atoms with Crippen LogP contribution in [0.2, 0.25) is 0 Å². The van der Waals surface area contributed by atoms with Crippen LogP contribution in [0.5, 0.6) is 0 Å². The van der Waals surface area contributed by atoms with E-state index in [0.717, 1.165) is 6.54 Å². The Balaban J connectivity index is 1.90. The Hall–Kier alpha value is -1.02. The Kier molecular flexibility index (Phi) is 3.96. The summed E-state index contributed by atoms with van der Waals surface area (Å²) in [5, 5.41) is 3.72. The second-order valence-corrected chi connectivity index (χ2v) is 6.38. The molecule has 2 heteroatoms. The summed E-state index contributed by atoms with van der Waals surface area (Å²) in [5.74, 6) is 0. The van der Waals surface area contributed by atoms with Crippen LogP contribution in [0.4, 0.5) is 5.69 Å². The molecule has 1 aliphatic rings. The van der Waals surface area contributed by atoms with Crippen LogP contribution in [-0.2, 0) is 6.54 Å². The first-order valence-electron chi connectivity index (χ1n) is 6.99. The van der Waals surface area contributed by atoms with Gasteiger partial charge in [0.2, 0.25) is 0 Å². The van der Waals surface area contributed by atoms with Crippen molar-refractivity contribution in [3.05, 3.63) is 29.8 Å². The van der Waals surface area contributed by atoms with Crippen LogP contribution < -0.4 is 10.2 Å². The summed E-state index contributed by atoms with van der Waals surface area (Å²) in [6, 6.07) is 9.51. The molecule has 0 radical (unpaired) electrons. The van der Waals surface area contributed by atoms with Gasteiger partial charge in [-0.25, -0.2) is 0 Å². The van der Waals surface area contributed by atoms with Gasteiger partial charge in [0.15, 0.2) is 0 Å². The summed E-state index contributed by atoms with van der Waals surface area (Å²) in [4.78, 5) is 2.14. The average molecular weight is 246 g/mol. The van der Waals surface area contributed by atoms with Crippen LogP contribution in [0.25, 0.3) is 0 Å². The van der Waals surface area contributed by atoms with E-state index in [1.807, 2.05) is 0 Å². The predicted octanol–water partition coefficient (Wildman–Crippen LogP) is 3.42. The van der Waals surface area contributed by atoms with E-state index in [1.165, 1.54) is 30.5 Å². The summed E-state index contributed by atoms with van der Waals surface area (Å²) in [5.41, 5.74) is 3.10. The van der Waals surface area contributed by atoms with Crippen molar-refractivity contribution in [2.75, 3.05) is 19.0 Å². The molecule has 1 unspecified atom stereocenters. The fraction of sp³-hybridized carbons (Fsp3) is 0.625. The number of anilines is 1. The second-order valence-electron chi connectivity index (χ2n) is 6.38. The van der Waals surface area contributed by atoms with Crippen LogP contribution in [0.15, 0.2) is 24.3 Å². The third kappa shape index (κ3) is 3.05. The molecule has 100 valence electrons. The zero-order valence-corrected chi connectivity index (χ0v) is 12.2. The van der Waals surface area contributed by atoms with Gasteiger partial charge in [-0.15, -0.1) is 0 Å². The molecule has 2 rings (SSSR count). The number of nitrogens with one attached hydrogen (secondary N) is 1. The van der Waals surface area contributed by atoms with Gasteiger partial charge in [0.1, 0.15) is 0 Å². The van der Waals surface area contributed by atoms with Gasteiger partial charge < -0.3 is 10.2 Å². The van der Waals surface area contributed by atoms with Crippen molar-refractivity contribution in [3.63, 3.8) is 0 Å². The molecule has 1 atom stereocenters. The molecular formula is C16H26N2. The molecule has 0 aliphatic heterocycles. The van der Waals surface area contributed by atoms with Crippen molar-refractivity contribution < 1.29 is 0 Å². The summed E-state index contributed by atoms with van der Waals surface area (Å²) in [6.45, 7) is 5.75. The Morgan fingerprint density at radius 2 is 1.89 bits per heavy atom. The third-order valence-corrected chi connectivity index (χ3v) is 4.26. The van der Waals surface area contributed by atoms with Gasteiger partial charge >= 0.3 is 0 Å². The van der Waals surface area contributed by atoms with Gasteiger partial charge in [0.05, 0.1) is 0 Å². The molecule has 1 aromatic rings. The molecule has 1 saturated carbocycles. The zero-order valence-electron chi connectivity index (χ0n) is 12.2. The third-order valence-electron chi connectivity index (χ3n) is 4.26. The fourth-order valence-electron chi connectivity index (χ4n) is 2.86. The van der Waals surface area contributed by atoms with E-state index in [-0.39, 0.29) is 0 Å². The maximum Gasteiger partial charge on any atom is 0.0361 e. The number of benzene rings is 1. The summed E-state index contributed by atoms with van der Waals surface area (Å²) >= 11 is 0. The van der Waals surface area contributed by atoms with Crippen LogP contribution in [0, 0.1) is 5.41 Å². The van der Waals surface area contributed by atoms with E-state index in [1.54, 1.807) is 0 Å². The molecule has 2 nitrogen and oxygen atoms in total. The van der Waals surface area contributed by atoms with Gasteiger partial charge in [-0.3, -0.25) is 0 Å². The Bertz CT molecular complexity index is 379. The highest BCUT2D eigenvalue weighted by molar-refractivity contribution is 5.45. The van der Waals surface area contributed by atoms with Gasteiger partial charge in [-0.2, -0.15) is 0 Å². The average Bonchev–Trinajstić information content (AvgIpc) is 2.66. The smallest absolute Gasteiger partial charge is 0.0361 e. The van der Waals surface area contributed by atoms with Gasteiger partial charge in [-0.05, 0) is 36.0 Å². The van der Waals surface area contributed by atoms with Crippen molar-refractivity contribution in [3.8, 4) is 0 Å². The minimum absolute atomic E-state index is 0.462. The fourth-order valence-corrected chi connectivity index (χ4v) is 2.86. The molecule has 1 N–H and O–H groups in total. The highest BCUT2D eigenvalue weighted by Crippen LogP contribution is 2.37. The van der Waals surface area contributed by atoms with Crippen LogP contribution >= 0.6 is 0 Å². The van der Waals surface area contributed by atoms with Crippen molar-refractivity contribution in [1.82, 2.24) is 5.32 Å². The van der Waals surface area contributed by atoms with Crippen molar-refractivity contribution >= 4 is 5.69 Å². The molecule has 0 aromatic heterocycles. The summed E-state index contributed by atoms with van der Waals surface area (Å²) in [6.07, 6.45) is 4.04.